The Bertz CT molecular complexity index is 965. The number of hydrogen-bond donors (Lipinski definition) is 1. The first-order valence-corrected chi connectivity index (χ1v) is 7.92. The van der Waals surface area contributed by atoms with E-state index < -0.39 is 64.1 Å². The van der Waals surface area contributed by atoms with E-state index in [1.807, 2.05) is 0 Å². The average Bonchev–Trinajstić information content (AvgIpc) is 2.64. The minimum absolute atomic E-state index is 0.119. The Morgan fingerprint density at radius 1 is 0.625 bits per heavy atom. The van der Waals surface area contributed by atoms with Gasteiger partial charge in [0.25, 0.3) is 5.41 Å². The molecule has 32 heavy (non-hydrogen) atoms. The molecule has 0 bridgehead atoms. The molecule has 0 aromatic heterocycles. The smallest absolute Gasteiger partial charge is 0.416 e. The van der Waals surface area contributed by atoms with E-state index >= 15 is 0 Å². The van der Waals surface area contributed by atoms with Crippen molar-refractivity contribution < 1.29 is 62.2 Å². The highest BCUT2D eigenvalue weighted by Crippen LogP contribution is 2.61. The zero-order valence-corrected chi connectivity index (χ0v) is 14.8. The topological polar surface area (TPSA) is 20.2 Å². The monoisotopic (exact) mass is 486 g/mol. The Labute approximate surface area is 169 Å². The maximum Gasteiger partial charge on any atom is 0.416 e. The first-order valence-electron chi connectivity index (χ1n) is 7.92. The van der Waals surface area contributed by atoms with Crippen LogP contribution in [-0.4, -0.2) is 23.6 Å². The SMILES string of the molecule is O/C(=C\c1c(F)c(F)c(C(C(F)(F)F)(C(F)(F)F)C(F)(F)F)c(F)c1F)c1ccccc1. The van der Waals surface area contributed by atoms with E-state index in [1.54, 1.807) is 0 Å². The van der Waals surface area contributed by atoms with Gasteiger partial charge in [0.2, 0.25) is 0 Å². The van der Waals surface area contributed by atoms with Crippen molar-refractivity contribution in [3.8, 4) is 0 Å². The van der Waals surface area contributed by atoms with Crippen LogP contribution < -0.4 is 0 Å². The molecule has 2 aromatic rings. The van der Waals surface area contributed by atoms with Crippen molar-refractivity contribution in [2.24, 2.45) is 0 Å². The van der Waals surface area contributed by atoms with Crippen molar-refractivity contribution in [3.63, 3.8) is 0 Å². The summed E-state index contributed by atoms with van der Waals surface area (Å²) in [7, 11) is 0. The van der Waals surface area contributed by atoms with Gasteiger partial charge in [-0.2, -0.15) is 39.5 Å². The molecule has 0 aliphatic carbocycles. The molecule has 0 unspecified atom stereocenters. The van der Waals surface area contributed by atoms with Crippen LogP contribution in [0.5, 0.6) is 0 Å². The lowest BCUT2D eigenvalue weighted by molar-refractivity contribution is -0.388. The fourth-order valence-electron chi connectivity index (χ4n) is 2.84. The largest absolute Gasteiger partial charge is 0.507 e. The van der Waals surface area contributed by atoms with Crippen LogP contribution in [0.15, 0.2) is 30.3 Å². The zero-order valence-electron chi connectivity index (χ0n) is 14.8. The van der Waals surface area contributed by atoms with Gasteiger partial charge in [-0.1, -0.05) is 30.3 Å². The number of rotatable bonds is 3. The van der Waals surface area contributed by atoms with Gasteiger partial charge in [-0.15, -0.1) is 0 Å². The average molecular weight is 486 g/mol. The van der Waals surface area contributed by atoms with Crippen molar-refractivity contribution in [3.05, 3.63) is 70.3 Å². The molecule has 176 valence electrons. The van der Waals surface area contributed by atoms with Crippen LogP contribution >= 0.6 is 0 Å². The van der Waals surface area contributed by atoms with Gasteiger partial charge in [-0.3, -0.25) is 0 Å². The summed E-state index contributed by atoms with van der Waals surface area (Å²) in [6, 6.07) is 6.04. The lowest BCUT2D eigenvalue weighted by atomic mass is 9.76. The molecule has 0 radical (unpaired) electrons. The van der Waals surface area contributed by atoms with Crippen LogP contribution in [0.4, 0.5) is 57.1 Å². The minimum Gasteiger partial charge on any atom is -0.507 e. The molecule has 0 aliphatic heterocycles. The van der Waals surface area contributed by atoms with E-state index in [9.17, 15) is 62.2 Å². The first kappa shape index (κ1) is 25.3. The second-order valence-electron chi connectivity index (χ2n) is 6.18. The van der Waals surface area contributed by atoms with Crippen molar-refractivity contribution in [1.82, 2.24) is 0 Å². The molecule has 0 saturated heterocycles. The summed E-state index contributed by atoms with van der Waals surface area (Å²) in [6.45, 7) is 0. The van der Waals surface area contributed by atoms with Gasteiger partial charge < -0.3 is 5.11 Å². The Kier molecular flexibility index (Phi) is 6.24. The van der Waals surface area contributed by atoms with E-state index in [2.05, 4.69) is 0 Å². The van der Waals surface area contributed by atoms with Crippen molar-refractivity contribution in [2.75, 3.05) is 0 Å². The summed E-state index contributed by atoms with van der Waals surface area (Å²) in [5.41, 5.74) is -13.6. The first-order chi connectivity index (χ1) is 14.4. The molecular weight excluding hydrogens is 479 g/mol. The molecule has 1 N–H and O–H groups in total. The molecular formula is C18H7F13O. The van der Waals surface area contributed by atoms with Crippen molar-refractivity contribution in [1.29, 1.82) is 0 Å². The van der Waals surface area contributed by atoms with Gasteiger partial charge in [0, 0.05) is 5.56 Å². The van der Waals surface area contributed by atoms with E-state index in [0.29, 0.717) is 0 Å². The van der Waals surface area contributed by atoms with E-state index in [1.165, 1.54) is 18.2 Å². The van der Waals surface area contributed by atoms with E-state index in [0.717, 1.165) is 12.1 Å². The van der Waals surface area contributed by atoms with Crippen LogP contribution in [0.25, 0.3) is 11.8 Å². The van der Waals surface area contributed by atoms with Gasteiger partial charge in [0.15, 0.2) is 23.3 Å². The number of benzene rings is 2. The van der Waals surface area contributed by atoms with Gasteiger partial charge in [-0.25, -0.2) is 17.6 Å². The lowest BCUT2D eigenvalue weighted by Crippen LogP contribution is -2.64. The number of hydrogen-bond acceptors (Lipinski definition) is 1. The predicted molar refractivity (Wildman–Crippen MR) is 83.1 cm³/mol. The third-order valence-electron chi connectivity index (χ3n) is 4.30. The fraction of sp³-hybridized carbons (Fsp3) is 0.222. The van der Waals surface area contributed by atoms with Crippen LogP contribution in [0.3, 0.4) is 0 Å². The highest BCUT2D eigenvalue weighted by molar-refractivity contribution is 5.77. The summed E-state index contributed by atoms with van der Waals surface area (Å²) < 4.78 is 175. The summed E-state index contributed by atoms with van der Waals surface area (Å²) >= 11 is 0. The molecule has 0 spiro atoms. The fourth-order valence-corrected chi connectivity index (χ4v) is 2.84. The Hall–Kier alpha value is -2.93. The molecule has 0 heterocycles. The summed E-state index contributed by atoms with van der Waals surface area (Å²) in [5, 5.41) is 9.76. The maximum atomic E-state index is 14.2. The number of halogens is 13. The van der Waals surface area contributed by atoms with Crippen LogP contribution in [0.1, 0.15) is 16.7 Å². The quantitative estimate of drug-likeness (QED) is 0.210. The molecule has 1 nitrogen and oxygen atoms in total. The summed E-state index contributed by atoms with van der Waals surface area (Å²) in [4.78, 5) is 0. The molecule has 2 rings (SSSR count). The summed E-state index contributed by atoms with van der Waals surface area (Å²) in [5.74, 6) is -14.4. The zero-order chi connectivity index (χ0) is 24.9. The molecule has 0 fully saturated rings. The normalized spacial score (nSPS) is 14.1. The molecule has 14 heteroatoms. The van der Waals surface area contributed by atoms with Gasteiger partial charge in [0.05, 0.1) is 11.1 Å². The van der Waals surface area contributed by atoms with Crippen LogP contribution in [0, 0.1) is 23.3 Å². The Morgan fingerprint density at radius 2 is 1.00 bits per heavy atom. The highest BCUT2D eigenvalue weighted by Gasteiger charge is 2.86. The third-order valence-corrected chi connectivity index (χ3v) is 4.30. The Morgan fingerprint density at radius 3 is 1.34 bits per heavy atom. The standard InChI is InChI=1S/C18H7F13O/c19-11-8(6-9(32)7-4-2-1-3-5-7)12(20)14(22)10(13(11)21)15(16(23,24)25,17(26,27)28)18(29,30)31/h1-6,32H/b9-6-. The molecule has 0 saturated carbocycles. The number of alkyl halides is 9. The van der Waals surface area contributed by atoms with Crippen LogP contribution in [0.2, 0.25) is 0 Å². The lowest BCUT2D eigenvalue weighted by Gasteiger charge is -2.39. The van der Waals surface area contributed by atoms with Crippen molar-refractivity contribution >= 4 is 11.8 Å². The van der Waals surface area contributed by atoms with Crippen molar-refractivity contribution in [2.45, 2.75) is 23.9 Å². The predicted octanol–water partition coefficient (Wildman–Crippen LogP) is 7.22. The number of aliphatic hydroxyl groups excluding tert-OH is 1. The third kappa shape index (κ3) is 3.75. The Balaban J connectivity index is 2.99. The minimum atomic E-state index is -7.52. The van der Waals surface area contributed by atoms with E-state index in [4.69, 9.17) is 0 Å². The molecule has 2 aromatic carbocycles. The second kappa shape index (κ2) is 7.89. The van der Waals surface area contributed by atoms with Crippen LogP contribution in [-0.2, 0) is 5.41 Å². The summed E-state index contributed by atoms with van der Waals surface area (Å²) in [6.07, 6.45) is -22.7. The highest BCUT2D eigenvalue weighted by atomic mass is 19.4. The van der Waals surface area contributed by atoms with Gasteiger partial charge in [0.1, 0.15) is 5.76 Å². The van der Waals surface area contributed by atoms with Gasteiger partial charge >= 0.3 is 18.5 Å². The maximum absolute atomic E-state index is 14.2. The van der Waals surface area contributed by atoms with Gasteiger partial charge in [-0.05, 0) is 6.08 Å². The van der Waals surface area contributed by atoms with E-state index in [-0.39, 0.29) is 11.6 Å². The number of aliphatic hydroxyl groups is 1. The molecule has 0 aliphatic rings. The molecule has 0 amide bonds. The second-order valence-corrected chi connectivity index (χ2v) is 6.18. The molecule has 0 atom stereocenters.